The van der Waals surface area contributed by atoms with Crippen molar-refractivity contribution in [2.24, 2.45) is 0 Å². The number of methoxy groups -OCH3 is 1. The number of phenolic OH excluding ortho intramolecular Hbond substituents is 1. The van der Waals surface area contributed by atoms with Gasteiger partial charge in [-0.15, -0.1) is 0 Å². The molecular formula is C17H18O3. The van der Waals surface area contributed by atoms with Crippen molar-refractivity contribution in [2.75, 3.05) is 7.11 Å². The molecule has 3 heteroatoms. The van der Waals surface area contributed by atoms with E-state index in [0.29, 0.717) is 12.0 Å². The van der Waals surface area contributed by atoms with Gasteiger partial charge < -0.3 is 9.84 Å². The normalized spacial score (nSPS) is 10.3. The Labute approximate surface area is 118 Å². The minimum Gasteiger partial charge on any atom is -0.508 e. The average Bonchev–Trinajstić information content (AvgIpc) is 2.49. The lowest BCUT2D eigenvalue weighted by atomic mass is 10.0. The Balaban J connectivity index is 2.25. The fraction of sp³-hybridized carbons (Fsp3) is 0.235. The van der Waals surface area contributed by atoms with Crippen LogP contribution < -0.4 is 0 Å². The molecule has 0 saturated carbocycles. The summed E-state index contributed by atoms with van der Waals surface area (Å²) in [5.41, 5.74) is 3.54. The zero-order chi connectivity index (χ0) is 14.5. The van der Waals surface area contributed by atoms with Crippen LogP contribution in [-0.2, 0) is 17.6 Å². The quantitative estimate of drug-likeness (QED) is 0.867. The standard InChI is InChI=1S/C17H18O3/c1-3-12-4-6-13(7-5-12)10-15-11-14(17(19)20-2)8-9-16(15)18/h4-9,11,18H,3,10H2,1-2H3. The fourth-order valence-electron chi connectivity index (χ4n) is 2.08. The maximum absolute atomic E-state index is 11.5. The van der Waals surface area contributed by atoms with Gasteiger partial charge in [-0.1, -0.05) is 31.2 Å². The monoisotopic (exact) mass is 270 g/mol. The van der Waals surface area contributed by atoms with Crippen molar-refractivity contribution >= 4 is 5.97 Å². The minimum absolute atomic E-state index is 0.192. The highest BCUT2D eigenvalue weighted by Crippen LogP contribution is 2.22. The SMILES string of the molecule is CCc1ccc(Cc2cc(C(=O)OC)ccc2O)cc1. The van der Waals surface area contributed by atoms with E-state index in [9.17, 15) is 9.90 Å². The molecule has 2 aromatic rings. The summed E-state index contributed by atoms with van der Waals surface area (Å²) < 4.78 is 4.69. The predicted molar refractivity (Wildman–Crippen MR) is 78.1 cm³/mol. The highest BCUT2D eigenvalue weighted by Gasteiger charge is 2.10. The summed E-state index contributed by atoms with van der Waals surface area (Å²) in [7, 11) is 1.35. The highest BCUT2D eigenvalue weighted by atomic mass is 16.5. The molecule has 2 rings (SSSR count). The van der Waals surface area contributed by atoms with E-state index in [4.69, 9.17) is 4.74 Å². The van der Waals surface area contributed by atoms with Crippen molar-refractivity contribution < 1.29 is 14.6 Å². The van der Waals surface area contributed by atoms with E-state index in [1.54, 1.807) is 12.1 Å². The molecular weight excluding hydrogens is 252 g/mol. The Morgan fingerprint density at radius 2 is 1.75 bits per heavy atom. The van der Waals surface area contributed by atoms with Crippen molar-refractivity contribution in [3.05, 3.63) is 64.7 Å². The van der Waals surface area contributed by atoms with Gasteiger partial charge >= 0.3 is 5.97 Å². The fourth-order valence-corrected chi connectivity index (χ4v) is 2.08. The topological polar surface area (TPSA) is 46.5 Å². The Kier molecular flexibility index (Phi) is 4.41. The van der Waals surface area contributed by atoms with Crippen LogP contribution in [0.5, 0.6) is 5.75 Å². The number of aromatic hydroxyl groups is 1. The van der Waals surface area contributed by atoms with Crippen molar-refractivity contribution in [1.82, 2.24) is 0 Å². The second-order valence-corrected chi connectivity index (χ2v) is 4.68. The molecule has 0 aromatic heterocycles. The lowest BCUT2D eigenvalue weighted by molar-refractivity contribution is 0.0600. The summed E-state index contributed by atoms with van der Waals surface area (Å²) in [5, 5.41) is 9.90. The number of benzene rings is 2. The van der Waals surface area contributed by atoms with Crippen LogP contribution in [0.2, 0.25) is 0 Å². The van der Waals surface area contributed by atoms with Crippen LogP contribution in [-0.4, -0.2) is 18.2 Å². The number of carbonyl (C=O) groups is 1. The number of esters is 1. The van der Waals surface area contributed by atoms with Crippen LogP contribution >= 0.6 is 0 Å². The Bertz CT molecular complexity index is 600. The molecule has 0 heterocycles. The third kappa shape index (κ3) is 3.18. The first-order valence-corrected chi connectivity index (χ1v) is 6.62. The first-order chi connectivity index (χ1) is 9.63. The number of phenols is 1. The highest BCUT2D eigenvalue weighted by molar-refractivity contribution is 5.89. The van der Waals surface area contributed by atoms with Gasteiger partial charge in [-0.2, -0.15) is 0 Å². The summed E-state index contributed by atoms with van der Waals surface area (Å²) in [5.74, 6) is -0.204. The number of rotatable bonds is 4. The number of hydrogen-bond donors (Lipinski definition) is 1. The maximum Gasteiger partial charge on any atom is 0.337 e. The predicted octanol–water partition coefficient (Wildman–Crippen LogP) is 3.33. The largest absolute Gasteiger partial charge is 0.508 e. The molecule has 0 bridgehead atoms. The van der Waals surface area contributed by atoms with Gasteiger partial charge in [0.15, 0.2) is 0 Å². The average molecular weight is 270 g/mol. The number of carbonyl (C=O) groups excluding carboxylic acids is 1. The molecule has 0 saturated heterocycles. The van der Waals surface area contributed by atoms with E-state index >= 15 is 0 Å². The molecule has 1 N–H and O–H groups in total. The molecule has 0 fully saturated rings. The van der Waals surface area contributed by atoms with E-state index in [1.165, 1.54) is 18.7 Å². The number of aryl methyl sites for hydroxylation is 1. The van der Waals surface area contributed by atoms with Crippen molar-refractivity contribution in [3.8, 4) is 5.75 Å². The molecule has 20 heavy (non-hydrogen) atoms. The molecule has 0 amide bonds. The van der Waals surface area contributed by atoms with Gasteiger partial charge in [0, 0.05) is 6.42 Å². The zero-order valence-corrected chi connectivity index (χ0v) is 11.7. The molecule has 0 unspecified atom stereocenters. The molecule has 0 atom stereocenters. The lowest BCUT2D eigenvalue weighted by Gasteiger charge is -2.08. The Hall–Kier alpha value is -2.29. The molecule has 0 radical (unpaired) electrons. The van der Waals surface area contributed by atoms with Crippen molar-refractivity contribution in [1.29, 1.82) is 0 Å². The molecule has 0 aliphatic rings. The molecule has 104 valence electrons. The summed E-state index contributed by atoms with van der Waals surface area (Å²) in [6, 6.07) is 13.0. The van der Waals surface area contributed by atoms with E-state index in [2.05, 4.69) is 19.1 Å². The van der Waals surface area contributed by atoms with Gasteiger partial charge in [0.1, 0.15) is 5.75 Å². The van der Waals surface area contributed by atoms with E-state index in [-0.39, 0.29) is 5.75 Å². The third-order valence-corrected chi connectivity index (χ3v) is 3.33. The van der Waals surface area contributed by atoms with Gasteiger partial charge in [0.2, 0.25) is 0 Å². The summed E-state index contributed by atoms with van der Waals surface area (Å²) in [6.45, 7) is 2.11. The van der Waals surface area contributed by atoms with E-state index < -0.39 is 5.97 Å². The first-order valence-electron chi connectivity index (χ1n) is 6.62. The number of hydrogen-bond acceptors (Lipinski definition) is 3. The molecule has 0 spiro atoms. The number of ether oxygens (including phenoxy) is 1. The third-order valence-electron chi connectivity index (χ3n) is 3.33. The van der Waals surface area contributed by atoms with E-state index in [0.717, 1.165) is 17.5 Å². The van der Waals surface area contributed by atoms with Crippen LogP contribution in [0, 0.1) is 0 Å². The smallest absolute Gasteiger partial charge is 0.337 e. The van der Waals surface area contributed by atoms with Crippen molar-refractivity contribution in [2.45, 2.75) is 19.8 Å². The minimum atomic E-state index is -0.396. The molecule has 2 aromatic carbocycles. The zero-order valence-electron chi connectivity index (χ0n) is 11.7. The summed E-state index contributed by atoms with van der Waals surface area (Å²) in [6.07, 6.45) is 1.59. The van der Waals surface area contributed by atoms with Crippen LogP contribution in [0.15, 0.2) is 42.5 Å². The first kappa shape index (κ1) is 14.1. The second-order valence-electron chi connectivity index (χ2n) is 4.68. The Morgan fingerprint density at radius 1 is 1.10 bits per heavy atom. The van der Waals surface area contributed by atoms with Gasteiger partial charge in [-0.3, -0.25) is 0 Å². The van der Waals surface area contributed by atoms with Crippen LogP contribution in [0.3, 0.4) is 0 Å². The van der Waals surface area contributed by atoms with Gasteiger partial charge in [0.05, 0.1) is 12.7 Å². The second kappa shape index (κ2) is 6.24. The lowest BCUT2D eigenvalue weighted by Crippen LogP contribution is -2.02. The van der Waals surface area contributed by atoms with Crippen LogP contribution in [0.1, 0.15) is 34.0 Å². The molecule has 3 nitrogen and oxygen atoms in total. The molecule has 0 aliphatic heterocycles. The van der Waals surface area contributed by atoms with E-state index in [1.807, 2.05) is 12.1 Å². The van der Waals surface area contributed by atoms with Crippen LogP contribution in [0.25, 0.3) is 0 Å². The summed E-state index contributed by atoms with van der Waals surface area (Å²) in [4.78, 5) is 11.5. The maximum atomic E-state index is 11.5. The Morgan fingerprint density at radius 3 is 2.35 bits per heavy atom. The van der Waals surface area contributed by atoms with Crippen LogP contribution in [0.4, 0.5) is 0 Å². The van der Waals surface area contributed by atoms with Gasteiger partial charge in [-0.25, -0.2) is 4.79 Å². The van der Waals surface area contributed by atoms with Gasteiger partial charge in [-0.05, 0) is 41.3 Å². The van der Waals surface area contributed by atoms with Gasteiger partial charge in [0.25, 0.3) is 0 Å². The summed E-state index contributed by atoms with van der Waals surface area (Å²) >= 11 is 0. The van der Waals surface area contributed by atoms with Crippen molar-refractivity contribution in [3.63, 3.8) is 0 Å². The molecule has 0 aliphatic carbocycles.